The number of halogens is 3. The summed E-state index contributed by atoms with van der Waals surface area (Å²) >= 11 is 10.6. The van der Waals surface area contributed by atoms with Crippen LogP contribution in [0.4, 0.5) is 4.39 Å². The van der Waals surface area contributed by atoms with E-state index >= 15 is 0 Å². The molecule has 2 atom stereocenters. The van der Waals surface area contributed by atoms with Crippen molar-refractivity contribution < 1.29 is 9.50 Å². The molecule has 0 spiro atoms. The molecule has 0 aromatic heterocycles. The summed E-state index contributed by atoms with van der Waals surface area (Å²) in [6.07, 6.45) is 0.562. The van der Waals surface area contributed by atoms with E-state index in [0.717, 1.165) is 0 Å². The molecule has 16 heavy (non-hydrogen) atoms. The van der Waals surface area contributed by atoms with Crippen LogP contribution in [0.5, 0.6) is 0 Å². The maximum atomic E-state index is 14.0. The van der Waals surface area contributed by atoms with Gasteiger partial charge in [0.05, 0.1) is 5.02 Å². The Bertz CT molecular complexity index is 429. The van der Waals surface area contributed by atoms with Gasteiger partial charge in [-0.15, -0.1) is 0 Å². The summed E-state index contributed by atoms with van der Waals surface area (Å²) in [5.41, 5.74) is -0.782. The van der Waals surface area contributed by atoms with Gasteiger partial charge in [0.15, 0.2) is 0 Å². The van der Waals surface area contributed by atoms with Gasteiger partial charge in [0.25, 0.3) is 0 Å². The average molecular weight is 326 g/mol. The lowest BCUT2D eigenvalue weighted by atomic mass is 9.91. The van der Waals surface area contributed by atoms with Crippen LogP contribution in [0.2, 0.25) is 5.02 Å². The summed E-state index contributed by atoms with van der Waals surface area (Å²) in [7, 11) is 0. The number of hydrogen-bond donors (Lipinski definition) is 1. The molecule has 0 bridgehead atoms. The molecule has 0 amide bonds. The van der Waals surface area contributed by atoms with E-state index in [1.807, 2.05) is 6.92 Å². The summed E-state index contributed by atoms with van der Waals surface area (Å²) in [5.74, 6) is -0.00323. The van der Waals surface area contributed by atoms with Crippen molar-refractivity contribution in [2.75, 3.05) is 5.75 Å². The highest BCUT2D eigenvalue weighted by atomic mass is 79.9. The molecule has 1 aromatic carbocycles. The normalized spacial score (nSPS) is 29.7. The van der Waals surface area contributed by atoms with E-state index in [4.69, 9.17) is 11.6 Å². The Hall–Kier alpha value is 0.230. The fourth-order valence-corrected chi connectivity index (χ4v) is 3.64. The van der Waals surface area contributed by atoms with Crippen LogP contribution in [0.3, 0.4) is 0 Å². The van der Waals surface area contributed by atoms with Gasteiger partial charge >= 0.3 is 0 Å². The monoisotopic (exact) mass is 324 g/mol. The van der Waals surface area contributed by atoms with Gasteiger partial charge in [0.1, 0.15) is 11.4 Å². The van der Waals surface area contributed by atoms with Gasteiger partial charge in [0.2, 0.25) is 0 Å². The summed E-state index contributed by atoms with van der Waals surface area (Å²) < 4.78 is 14.5. The highest BCUT2D eigenvalue weighted by Gasteiger charge is 2.40. The lowest BCUT2D eigenvalue weighted by Gasteiger charge is -2.23. The molecule has 0 aliphatic carbocycles. The van der Waals surface area contributed by atoms with Crippen LogP contribution in [0.25, 0.3) is 0 Å². The summed E-state index contributed by atoms with van der Waals surface area (Å²) in [4.78, 5) is 0. The van der Waals surface area contributed by atoms with Crippen LogP contribution < -0.4 is 0 Å². The lowest BCUT2D eigenvalue weighted by molar-refractivity contribution is 0.0574. The van der Waals surface area contributed by atoms with Crippen molar-refractivity contribution in [2.24, 2.45) is 0 Å². The van der Waals surface area contributed by atoms with Gasteiger partial charge in [-0.25, -0.2) is 4.39 Å². The predicted molar refractivity (Wildman–Crippen MR) is 69.5 cm³/mol. The molecular weight excluding hydrogens is 315 g/mol. The molecule has 0 saturated carbocycles. The van der Waals surface area contributed by atoms with Gasteiger partial charge in [0, 0.05) is 21.0 Å². The maximum absolute atomic E-state index is 14.0. The van der Waals surface area contributed by atoms with Crippen LogP contribution in [-0.4, -0.2) is 16.1 Å². The molecule has 1 N–H and O–H groups in total. The third-order valence-electron chi connectivity index (χ3n) is 2.77. The van der Waals surface area contributed by atoms with E-state index < -0.39 is 11.4 Å². The number of benzene rings is 1. The Balaban J connectivity index is 2.45. The van der Waals surface area contributed by atoms with Crippen molar-refractivity contribution in [3.05, 3.63) is 33.0 Å². The second kappa shape index (κ2) is 4.48. The van der Waals surface area contributed by atoms with Crippen molar-refractivity contribution in [2.45, 2.75) is 24.2 Å². The van der Waals surface area contributed by atoms with Gasteiger partial charge in [-0.05, 0) is 28.4 Å². The third kappa shape index (κ3) is 2.13. The number of thioether (sulfide) groups is 1. The number of aliphatic hydroxyl groups is 1. The van der Waals surface area contributed by atoms with E-state index in [9.17, 15) is 9.50 Å². The van der Waals surface area contributed by atoms with Crippen LogP contribution in [0.15, 0.2) is 16.6 Å². The van der Waals surface area contributed by atoms with E-state index in [0.29, 0.717) is 27.5 Å². The molecule has 1 fully saturated rings. The first-order valence-electron chi connectivity index (χ1n) is 4.92. The molecule has 0 radical (unpaired) electrons. The van der Waals surface area contributed by atoms with Crippen molar-refractivity contribution in [3.8, 4) is 0 Å². The molecule has 1 aliphatic heterocycles. The largest absolute Gasteiger partial charge is 0.384 e. The van der Waals surface area contributed by atoms with Gasteiger partial charge in [-0.1, -0.05) is 24.6 Å². The van der Waals surface area contributed by atoms with Gasteiger partial charge in [-0.2, -0.15) is 11.8 Å². The van der Waals surface area contributed by atoms with Crippen molar-refractivity contribution in [1.29, 1.82) is 0 Å². The van der Waals surface area contributed by atoms with E-state index in [-0.39, 0.29) is 5.02 Å². The zero-order chi connectivity index (χ0) is 11.9. The minimum absolute atomic E-state index is 0.0375. The van der Waals surface area contributed by atoms with Crippen LogP contribution >= 0.6 is 39.3 Å². The second-order valence-corrected chi connectivity index (χ2v) is 6.74. The highest BCUT2D eigenvalue weighted by Crippen LogP contribution is 2.43. The molecule has 88 valence electrons. The zero-order valence-electron chi connectivity index (χ0n) is 8.64. The zero-order valence-corrected chi connectivity index (χ0v) is 11.8. The first-order chi connectivity index (χ1) is 7.44. The smallest absolute Gasteiger partial charge is 0.149 e. The fourth-order valence-electron chi connectivity index (χ4n) is 1.95. The Morgan fingerprint density at radius 2 is 2.31 bits per heavy atom. The average Bonchev–Trinajstić information content (AvgIpc) is 2.56. The summed E-state index contributed by atoms with van der Waals surface area (Å²) in [6, 6.07) is 3.27. The van der Waals surface area contributed by atoms with Gasteiger partial charge < -0.3 is 5.11 Å². The highest BCUT2D eigenvalue weighted by molar-refractivity contribution is 9.10. The summed E-state index contributed by atoms with van der Waals surface area (Å²) in [5, 5.41) is 10.8. The lowest BCUT2D eigenvalue weighted by Crippen LogP contribution is -2.27. The molecule has 2 rings (SSSR count). The van der Waals surface area contributed by atoms with Crippen LogP contribution in [0.1, 0.15) is 18.9 Å². The van der Waals surface area contributed by atoms with Crippen LogP contribution in [-0.2, 0) is 5.60 Å². The van der Waals surface area contributed by atoms with Crippen molar-refractivity contribution in [3.63, 3.8) is 0 Å². The SMILES string of the molecule is CC1CC(O)(c2ccc(Br)c(Cl)c2F)CS1. The second-order valence-electron chi connectivity index (χ2n) is 4.08. The Morgan fingerprint density at radius 3 is 2.88 bits per heavy atom. The third-order valence-corrected chi connectivity index (χ3v) is 5.41. The Kier molecular flexibility index (Phi) is 3.55. The van der Waals surface area contributed by atoms with Crippen molar-refractivity contribution >= 4 is 39.3 Å². The fraction of sp³-hybridized carbons (Fsp3) is 0.455. The van der Waals surface area contributed by atoms with E-state index in [1.165, 1.54) is 0 Å². The first kappa shape index (κ1) is 12.7. The maximum Gasteiger partial charge on any atom is 0.149 e. The standard InChI is InChI=1S/C11H11BrClFOS/c1-6-4-11(15,5-16-6)7-2-3-8(12)9(13)10(7)14/h2-3,6,15H,4-5H2,1H3. The minimum atomic E-state index is -1.08. The van der Waals surface area contributed by atoms with E-state index in [2.05, 4.69) is 15.9 Å². The predicted octanol–water partition coefficient (Wildman–Crippen LogP) is 3.95. The molecular formula is C11H11BrClFOS. The molecule has 1 nitrogen and oxygen atoms in total. The molecule has 2 unspecified atom stereocenters. The number of hydrogen-bond acceptors (Lipinski definition) is 2. The quantitative estimate of drug-likeness (QED) is 0.789. The van der Waals surface area contributed by atoms with E-state index in [1.54, 1.807) is 23.9 Å². The van der Waals surface area contributed by atoms with Crippen LogP contribution in [0, 0.1) is 5.82 Å². The van der Waals surface area contributed by atoms with Gasteiger partial charge in [-0.3, -0.25) is 0 Å². The first-order valence-corrected chi connectivity index (χ1v) is 7.14. The molecule has 1 aliphatic rings. The Morgan fingerprint density at radius 1 is 1.62 bits per heavy atom. The number of rotatable bonds is 1. The molecule has 5 heteroatoms. The molecule has 1 aromatic rings. The molecule has 1 heterocycles. The summed E-state index contributed by atoms with van der Waals surface area (Å²) in [6.45, 7) is 2.03. The van der Waals surface area contributed by atoms with Crippen molar-refractivity contribution in [1.82, 2.24) is 0 Å². The molecule has 1 saturated heterocycles. The minimum Gasteiger partial charge on any atom is -0.384 e. The topological polar surface area (TPSA) is 20.2 Å². The Labute approximate surface area is 112 Å².